The molecule has 3 N–H and O–H groups in total. The maximum atomic E-state index is 12.5. The molecule has 0 saturated heterocycles. The van der Waals surface area contributed by atoms with Crippen LogP contribution in [-0.2, 0) is 4.79 Å². The van der Waals surface area contributed by atoms with Gasteiger partial charge in [0.25, 0.3) is 0 Å². The second-order valence-corrected chi connectivity index (χ2v) is 18.6. The highest BCUT2D eigenvalue weighted by Crippen LogP contribution is 2.16. The quantitative estimate of drug-likeness (QED) is 0.0421. The van der Waals surface area contributed by atoms with Gasteiger partial charge in [-0.15, -0.1) is 0 Å². The molecule has 0 heterocycles. The molecule has 0 bridgehead atoms. The van der Waals surface area contributed by atoms with Gasteiger partial charge in [0.2, 0.25) is 5.91 Å². The van der Waals surface area contributed by atoms with E-state index in [0.29, 0.717) is 6.42 Å². The van der Waals surface area contributed by atoms with Crippen LogP contribution in [0.15, 0.2) is 85.1 Å². The van der Waals surface area contributed by atoms with Gasteiger partial charge in [-0.3, -0.25) is 4.79 Å². The van der Waals surface area contributed by atoms with Crippen LogP contribution in [0.3, 0.4) is 0 Å². The van der Waals surface area contributed by atoms with Crippen molar-refractivity contribution >= 4 is 5.91 Å². The van der Waals surface area contributed by atoms with Crippen molar-refractivity contribution in [3.05, 3.63) is 85.1 Å². The maximum Gasteiger partial charge on any atom is 0.220 e. The number of hydrogen-bond acceptors (Lipinski definition) is 3. The Hall–Kier alpha value is -2.43. The van der Waals surface area contributed by atoms with Gasteiger partial charge in [0.15, 0.2) is 0 Å². The topological polar surface area (TPSA) is 69.6 Å². The SMILES string of the molecule is CC/C=C\C/C=C\C/C=C\C/C=C\C/C=C\CCCCCCCCCC(=O)NC(CO)C(O)/C=C/CC/C=C/CCCCCCCCCCCCCCCCCCCCCCCCC. The zero-order valence-electron chi connectivity index (χ0n) is 42.5. The number of hydrogen-bond donors (Lipinski definition) is 3. The van der Waals surface area contributed by atoms with Gasteiger partial charge >= 0.3 is 0 Å². The van der Waals surface area contributed by atoms with Gasteiger partial charge < -0.3 is 15.5 Å². The monoisotopic (exact) mass is 890 g/mol. The van der Waals surface area contributed by atoms with E-state index in [1.165, 1.54) is 173 Å². The molecule has 64 heavy (non-hydrogen) atoms. The van der Waals surface area contributed by atoms with E-state index in [2.05, 4.69) is 92.1 Å². The fraction of sp³-hybridized carbons (Fsp3) is 0.750. The number of rotatable bonds is 50. The summed E-state index contributed by atoms with van der Waals surface area (Å²) in [6.45, 7) is 4.19. The molecule has 0 spiro atoms. The van der Waals surface area contributed by atoms with Crippen LogP contribution in [0.4, 0.5) is 0 Å². The first-order valence-electron chi connectivity index (χ1n) is 27.8. The molecule has 0 aromatic rings. The molecular formula is C60H107NO3. The number of allylic oxidation sites excluding steroid dienone is 13. The van der Waals surface area contributed by atoms with Crippen molar-refractivity contribution in [3.8, 4) is 0 Å². The summed E-state index contributed by atoms with van der Waals surface area (Å²) in [7, 11) is 0. The summed E-state index contributed by atoms with van der Waals surface area (Å²) in [6.07, 6.45) is 80.3. The van der Waals surface area contributed by atoms with E-state index in [-0.39, 0.29) is 12.5 Å². The predicted octanol–water partition coefficient (Wildman–Crippen LogP) is 18.4. The molecule has 0 saturated carbocycles. The van der Waals surface area contributed by atoms with E-state index >= 15 is 0 Å². The highest BCUT2D eigenvalue weighted by molar-refractivity contribution is 5.76. The Kier molecular flexibility index (Phi) is 52.8. The highest BCUT2D eigenvalue weighted by Gasteiger charge is 2.17. The van der Waals surface area contributed by atoms with Crippen molar-refractivity contribution < 1.29 is 15.0 Å². The van der Waals surface area contributed by atoms with Gasteiger partial charge in [0.1, 0.15) is 0 Å². The molecule has 2 atom stereocenters. The molecular weight excluding hydrogens is 783 g/mol. The normalized spacial score (nSPS) is 13.5. The second kappa shape index (κ2) is 54.9. The van der Waals surface area contributed by atoms with Gasteiger partial charge in [-0.05, 0) is 77.0 Å². The standard InChI is InChI=1S/C60H107NO3/c1-3-5-7-9-11-13-15-17-19-21-23-25-27-28-29-30-31-32-34-35-37-39-41-43-45-47-49-51-53-55-59(63)58(57-62)61-60(64)56-54-52-50-48-46-44-42-40-38-36-33-26-24-22-20-18-16-14-12-10-8-6-4-2/h6,8,12,14,18,20,24,26,36,38,45,47,53,55,58-59,62-63H,3-5,7,9-11,13,15-17,19,21-23,25,27-35,37,39-44,46,48-52,54,56-57H2,1-2H3,(H,61,64)/b8-6-,14-12-,20-18-,26-24-,38-36-,47-45+,55-53+. The summed E-state index contributed by atoms with van der Waals surface area (Å²) in [4.78, 5) is 12.5. The number of amides is 1. The largest absolute Gasteiger partial charge is 0.394 e. The van der Waals surface area contributed by atoms with Crippen molar-refractivity contribution in [3.63, 3.8) is 0 Å². The van der Waals surface area contributed by atoms with E-state index in [1.54, 1.807) is 6.08 Å². The summed E-state index contributed by atoms with van der Waals surface area (Å²) in [5, 5.41) is 23.1. The summed E-state index contributed by atoms with van der Waals surface area (Å²) in [5.41, 5.74) is 0. The van der Waals surface area contributed by atoms with Crippen LogP contribution in [0.2, 0.25) is 0 Å². The van der Waals surface area contributed by atoms with Gasteiger partial charge in [0.05, 0.1) is 18.8 Å². The van der Waals surface area contributed by atoms with Crippen molar-refractivity contribution in [1.29, 1.82) is 0 Å². The molecule has 1 amide bonds. The molecule has 0 aliphatic rings. The van der Waals surface area contributed by atoms with Gasteiger partial charge in [-0.2, -0.15) is 0 Å². The third-order valence-corrected chi connectivity index (χ3v) is 12.4. The Morgan fingerprint density at radius 2 is 0.703 bits per heavy atom. The number of unbranched alkanes of at least 4 members (excludes halogenated alkanes) is 31. The van der Waals surface area contributed by atoms with Crippen LogP contribution in [-0.4, -0.2) is 34.9 Å². The van der Waals surface area contributed by atoms with Crippen molar-refractivity contribution in [2.24, 2.45) is 0 Å². The molecule has 0 aliphatic carbocycles. The van der Waals surface area contributed by atoms with E-state index < -0.39 is 12.1 Å². The molecule has 0 fully saturated rings. The smallest absolute Gasteiger partial charge is 0.220 e. The lowest BCUT2D eigenvalue weighted by Gasteiger charge is -2.19. The fourth-order valence-electron chi connectivity index (χ4n) is 8.16. The van der Waals surface area contributed by atoms with Crippen LogP contribution in [0.25, 0.3) is 0 Å². The average molecular weight is 891 g/mol. The zero-order valence-corrected chi connectivity index (χ0v) is 42.5. The lowest BCUT2D eigenvalue weighted by molar-refractivity contribution is -0.123. The summed E-state index contributed by atoms with van der Waals surface area (Å²) in [5.74, 6) is -0.0860. The number of carbonyl (C=O) groups excluding carboxylic acids is 1. The van der Waals surface area contributed by atoms with Crippen molar-refractivity contribution in [2.75, 3.05) is 6.61 Å². The van der Waals surface area contributed by atoms with E-state index in [0.717, 1.165) is 77.0 Å². The fourth-order valence-corrected chi connectivity index (χ4v) is 8.16. The number of aliphatic hydroxyl groups is 2. The van der Waals surface area contributed by atoms with Gasteiger partial charge in [-0.25, -0.2) is 0 Å². The molecule has 0 radical (unpaired) electrons. The van der Waals surface area contributed by atoms with E-state index in [1.807, 2.05) is 6.08 Å². The molecule has 370 valence electrons. The number of aliphatic hydroxyl groups excluding tert-OH is 2. The van der Waals surface area contributed by atoms with E-state index in [4.69, 9.17) is 0 Å². The van der Waals surface area contributed by atoms with Crippen LogP contribution >= 0.6 is 0 Å². The van der Waals surface area contributed by atoms with Gasteiger partial charge in [-0.1, -0.05) is 272 Å². The third kappa shape index (κ3) is 50.6. The Morgan fingerprint density at radius 1 is 0.391 bits per heavy atom. The number of carbonyl (C=O) groups is 1. The Balaban J connectivity index is 3.58. The van der Waals surface area contributed by atoms with Crippen LogP contribution in [0.5, 0.6) is 0 Å². The second-order valence-electron chi connectivity index (χ2n) is 18.6. The van der Waals surface area contributed by atoms with Crippen LogP contribution in [0.1, 0.15) is 271 Å². The molecule has 2 unspecified atom stereocenters. The van der Waals surface area contributed by atoms with Crippen molar-refractivity contribution in [1.82, 2.24) is 5.32 Å². The predicted molar refractivity (Wildman–Crippen MR) is 285 cm³/mol. The molecule has 0 aromatic heterocycles. The summed E-state index contributed by atoms with van der Waals surface area (Å²) < 4.78 is 0. The maximum absolute atomic E-state index is 12.5. The first-order chi connectivity index (χ1) is 31.7. The minimum atomic E-state index is -0.874. The zero-order chi connectivity index (χ0) is 46.3. The minimum Gasteiger partial charge on any atom is -0.394 e. The summed E-state index contributed by atoms with van der Waals surface area (Å²) >= 11 is 0. The first-order valence-corrected chi connectivity index (χ1v) is 27.8. The molecule has 0 rings (SSSR count). The Morgan fingerprint density at radius 3 is 1.09 bits per heavy atom. The van der Waals surface area contributed by atoms with Crippen molar-refractivity contribution in [2.45, 2.75) is 283 Å². The Bertz CT molecular complexity index is 1150. The lowest BCUT2D eigenvalue weighted by Crippen LogP contribution is -2.45. The minimum absolute atomic E-state index is 0.0860. The average Bonchev–Trinajstić information content (AvgIpc) is 3.30. The lowest BCUT2D eigenvalue weighted by atomic mass is 10.0. The van der Waals surface area contributed by atoms with Gasteiger partial charge in [0, 0.05) is 6.42 Å². The third-order valence-electron chi connectivity index (χ3n) is 12.4. The highest BCUT2D eigenvalue weighted by atomic mass is 16.3. The molecule has 0 aromatic carbocycles. The van der Waals surface area contributed by atoms with Crippen LogP contribution in [0, 0.1) is 0 Å². The van der Waals surface area contributed by atoms with Crippen LogP contribution < -0.4 is 5.32 Å². The molecule has 4 nitrogen and oxygen atoms in total. The molecule has 4 heteroatoms. The number of nitrogens with one attached hydrogen (secondary N) is 1. The first kappa shape index (κ1) is 61.6. The van der Waals surface area contributed by atoms with E-state index in [9.17, 15) is 15.0 Å². The summed E-state index contributed by atoms with van der Waals surface area (Å²) in [6, 6.07) is -0.652. The Labute approximate surface area is 399 Å². The molecule has 0 aliphatic heterocycles.